The smallest absolute Gasteiger partial charge is 0.305 e. The lowest BCUT2D eigenvalue weighted by molar-refractivity contribution is -0.143. The number of halogens is 1. The zero-order valence-corrected chi connectivity index (χ0v) is 12.8. The molecule has 0 aromatic carbocycles. The Morgan fingerprint density at radius 1 is 1.68 bits per heavy atom. The van der Waals surface area contributed by atoms with Crippen LogP contribution in [0.5, 0.6) is 0 Å². The van der Waals surface area contributed by atoms with Gasteiger partial charge in [-0.25, -0.2) is 0 Å². The SMILES string of the molecule is CC(c1ccc(Br)s1)N1CCNC(=O)C1CC(=O)O. The number of nitrogens with one attached hydrogen (secondary N) is 1. The van der Waals surface area contributed by atoms with Crippen LogP contribution in [0.25, 0.3) is 0 Å². The van der Waals surface area contributed by atoms with Crippen LogP contribution >= 0.6 is 27.3 Å². The second kappa shape index (κ2) is 6.02. The van der Waals surface area contributed by atoms with Gasteiger partial charge < -0.3 is 10.4 Å². The van der Waals surface area contributed by atoms with Gasteiger partial charge in [-0.2, -0.15) is 0 Å². The van der Waals surface area contributed by atoms with Gasteiger partial charge in [0.2, 0.25) is 5.91 Å². The molecular formula is C12H15BrN2O3S. The summed E-state index contributed by atoms with van der Waals surface area (Å²) in [5, 5.41) is 11.7. The van der Waals surface area contributed by atoms with Crippen LogP contribution in [0.3, 0.4) is 0 Å². The molecule has 0 aliphatic carbocycles. The lowest BCUT2D eigenvalue weighted by atomic mass is 10.1. The molecule has 1 aromatic rings. The van der Waals surface area contributed by atoms with Crippen LogP contribution in [0.15, 0.2) is 15.9 Å². The molecule has 7 heteroatoms. The number of carboxylic acids is 1. The average Bonchev–Trinajstić information content (AvgIpc) is 2.77. The molecule has 0 saturated carbocycles. The van der Waals surface area contributed by atoms with Gasteiger partial charge in [0.1, 0.15) is 6.04 Å². The number of hydrogen-bond acceptors (Lipinski definition) is 4. The van der Waals surface area contributed by atoms with Gasteiger partial charge in [-0.05, 0) is 35.0 Å². The standard InChI is InChI=1S/C12H15BrN2O3S/c1-7(9-2-3-10(13)19-9)15-5-4-14-12(18)8(15)6-11(16)17/h2-3,7-8H,4-6H2,1H3,(H,14,18)(H,16,17). The Bertz CT molecular complexity index is 491. The quantitative estimate of drug-likeness (QED) is 0.872. The molecule has 1 aliphatic heterocycles. The van der Waals surface area contributed by atoms with Crippen LogP contribution < -0.4 is 5.32 Å². The topological polar surface area (TPSA) is 69.6 Å². The summed E-state index contributed by atoms with van der Waals surface area (Å²) in [6.07, 6.45) is -0.164. The van der Waals surface area contributed by atoms with E-state index in [4.69, 9.17) is 5.11 Å². The van der Waals surface area contributed by atoms with Crippen molar-refractivity contribution < 1.29 is 14.7 Å². The van der Waals surface area contributed by atoms with Crippen LogP contribution in [-0.2, 0) is 9.59 Å². The van der Waals surface area contributed by atoms with Crippen molar-refractivity contribution in [3.8, 4) is 0 Å². The van der Waals surface area contributed by atoms with Gasteiger partial charge in [-0.15, -0.1) is 11.3 Å². The fraction of sp³-hybridized carbons (Fsp3) is 0.500. The molecule has 0 spiro atoms. The number of carbonyl (C=O) groups excluding carboxylic acids is 1. The summed E-state index contributed by atoms with van der Waals surface area (Å²) in [6, 6.07) is 3.41. The molecule has 104 valence electrons. The molecule has 1 fully saturated rings. The van der Waals surface area contributed by atoms with Crippen molar-refractivity contribution in [3.05, 3.63) is 20.8 Å². The number of nitrogens with zero attached hydrogens (tertiary/aromatic N) is 1. The molecule has 2 rings (SSSR count). The first kappa shape index (κ1) is 14.5. The van der Waals surface area contributed by atoms with E-state index in [0.29, 0.717) is 13.1 Å². The summed E-state index contributed by atoms with van der Waals surface area (Å²) in [4.78, 5) is 25.9. The third-order valence-electron chi connectivity index (χ3n) is 3.24. The number of aliphatic carboxylic acids is 1. The zero-order valence-electron chi connectivity index (χ0n) is 10.4. The molecule has 1 aromatic heterocycles. The first-order chi connectivity index (χ1) is 8.99. The number of carboxylic acid groups (broad SMARTS) is 1. The van der Waals surface area contributed by atoms with Crippen molar-refractivity contribution in [2.24, 2.45) is 0 Å². The van der Waals surface area contributed by atoms with E-state index in [1.54, 1.807) is 11.3 Å². The van der Waals surface area contributed by atoms with Crippen molar-refractivity contribution in [2.75, 3.05) is 13.1 Å². The van der Waals surface area contributed by atoms with Gasteiger partial charge in [0, 0.05) is 24.0 Å². The third-order valence-corrected chi connectivity index (χ3v) is 5.04. The lowest BCUT2D eigenvalue weighted by Crippen LogP contribution is -2.56. The lowest BCUT2D eigenvalue weighted by Gasteiger charge is -2.38. The second-order valence-electron chi connectivity index (χ2n) is 4.46. The van der Waals surface area contributed by atoms with E-state index < -0.39 is 12.0 Å². The number of thiophene rings is 1. The Morgan fingerprint density at radius 2 is 2.42 bits per heavy atom. The van der Waals surface area contributed by atoms with Crippen molar-refractivity contribution in [1.29, 1.82) is 0 Å². The third kappa shape index (κ3) is 3.34. The van der Waals surface area contributed by atoms with E-state index in [1.807, 2.05) is 24.0 Å². The normalized spacial score (nSPS) is 22.0. The van der Waals surface area contributed by atoms with Crippen LogP contribution in [0.4, 0.5) is 0 Å². The molecular weight excluding hydrogens is 332 g/mol. The number of carbonyl (C=O) groups is 2. The van der Waals surface area contributed by atoms with Crippen LogP contribution in [0.1, 0.15) is 24.3 Å². The molecule has 2 unspecified atom stereocenters. The highest BCUT2D eigenvalue weighted by atomic mass is 79.9. The maximum Gasteiger partial charge on any atom is 0.305 e. The molecule has 2 N–H and O–H groups in total. The Kier molecular flexibility index (Phi) is 4.59. The fourth-order valence-corrected chi connectivity index (χ4v) is 3.78. The van der Waals surface area contributed by atoms with Gasteiger partial charge in [0.05, 0.1) is 10.2 Å². The summed E-state index contributed by atoms with van der Waals surface area (Å²) in [7, 11) is 0. The molecule has 0 bridgehead atoms. The van der Waals surface area contributed by atoms with Crippen LogP contribution in [-0.4, -0.2) is 41.0 Å². The van der Waals surface area contributed by atoms with E-state index >= 15 is 0 Å². The molecule has 19 heavy (non-hydrogen) atoms. The summed E-state index contributed by atoms with van der Waals surface area (Å²) in [6.45, 7) is 3.23. The minimum atomic E-state index is -0.952. The molecule has 1 amide bonds. The van der Waals surface area contributed by atoms with E-state index in [-0.39, 0.29) is 18.4 Å². The van der Waals surface area contributed by atoms with Crippen molar-refractivity contribution in [3.63, 3.8) is 0 Å². The van der Waals surface area contributed by atoms with E-state index in [9.17, 15) is 9.59 Å². The fourth-order valence-electron chi connectivity index (χ4n) is 2.29. The number of piperazine rings is 1. The largest absolute Gasteiger partial charge is 0.481 e. The summed E-state index contributed by atoms with van der Waals surface area (Å²) >= 11 is 5.03. The first-order valence-corrected chi connectivity index (χ1v) is 7.60. The first-order valence-electron chi connectivity index (χ1n) is 5.99. The Hall–Kier alpha value is -0.920. The molecule has 2 heterocycles. The number of amides is 1. The monoisotopic (exact) mass is 346 g/mol. The van der Waals surface area contributed by atoms with E-state index in [1.165, 1.54) is 0 Å². The Morgan fingerprint density at radius 3 is 3.00 bits per heavy atom. The predicted octanol–water partition coefficient (Wildman–Crippen LogP) is 1.85. The molecule has 0 radical (unpaired) electrons. The van der Waals surface area contributed by atoms with Gasteiger partial charge in [-0.3, -0.25) is 14.5 Å². The van der Waals surface area contributed by atoms with Gasteiger partial charge in [0.25, 0.3) is 0 Å². The molecule has 5 nitrogen and oxygen atoms in total. The predicted molar refractivity (Wildman–Crippen MR) is 76.2 cm³/mol. The Labute approximate surface area is 123 Å². The maximum atomic E-state index is 11.9. The summed E-state index contributed by atoms with van der Waals surface area (Å²) in [5.74, 6) is -1.15. The molecule has 1 saturated heterocycles. The van der Waals surface area contributed by atoms with Crippen LogP contribution in [0.2, 0.25) is 0 Å². The zero-order chi connectivity index (χ0) is 14.0. The van der Waals surface area contributed by atoms with Crippen molar-refractivity contribution >= 4 is 39.1 Å². The van der Waals surface area contributed by atoms with Crippen LogP contribution in [0, 0.1) is 0 Å². The highest BCUT2D eigenvalue weighted by molar-refractivity contribution is 9.11. The van der Waals surface area contributed by atoms with Gasteiger partial charge in [0.15, 0.2) is 0 Å². The van der Waals surface area contributed by atoms with Gasteiger partial charge >= 0.3 is 5.97 Å². The number of rotatable bonds is 4. The minimum Gasteiger partial charge on any atom is -0.481 e. The van der Waals surface area contributed by atoms with E-state index in [0.717, 1.165) is 8.66 Å². The molecule has 1 aliphatic rings. The van der Waals surface area contributed by atoms with E-state index in [2.05, 4.69) is 21.2 Å². The average molecular weight is 347 g/mol. The summed E-state index contributed by atoms with van der Waals surface area (Å²) in [5.41, 5.74) is 0. The van der Waals surface area contributed by atoms with Crippen molar-refractivity contribution in [2.45, 2.75) is 25.4 Å². The highest BCUT2D eigenvalue weighted by Gasteiger charge is 2.35. The highest BCUT2D eigenvalue weighted by Crippen LogP contribution is 2.32. The van der Waals surface area contributed by atoms with Gasteiger partial charge in [-0.1, -0.05) is 0 Å². The minimum absolute atomic E-state index is 0.0340. The molecule has 2 atom stereocenters. The second-order valence-corrected chi connectivity index (χ2v) is 6.95. The summed E-state index contributed by atoms with van der Waals surface area (Å²) < 4.78 is 1.03. The number of hydrogen-bond donors (Lipinski definition) is 2. The van der Waals surface area contributed by atoms with Crippen molar-refractivity contribution in [1.82, 2.24) is 10.2 Å². The maximum absolute atomic E-state index is 11.9. The Balaban J connectivity index is 2.19.